The highest BCUT2D eigenvalue weighted by Crippen LogP contribution is 2.22. The largest absolute Gasteiger partial charge is 0.444 e. The van der Waals surface area contributed by atoms with Gasteiger partial charge in [-0.25, -0.2) is 4.79 Å². The lowest BCUT2D eigenvalue weighted by Gasteiger charge is -2.24. The second kappa shape index (κ2) is 8.14. The number of likely N-dealkylation sites (tertiary alicyclic amines) is 1. The number of benzene rings is 1. The first kappa shape index (κ1) is 19.0. The van der Waals surface area contributed by atoms with Crippen LogP contribution in [0.2, 0.25) is 0 Å². The van der Waals surface area contributed by atoms with E-state index in [1.165, 1.54) is 0 Å². The fraction of sp³-hybridized carbons (Fsp3) is 0.526. The van der Waals surface area contributed by atoms with E-state index in [0.717, 1.165) is 6.42 Å². The van der Waals surface area contributed by atoms with E-state index in [9.17, 15) is 14.4 Å². The first-order valence-electron chi connectivity index (χ1n) is 8.63. The molecule has 25 heavy (non-hydrogen) atoms. The van der Waals surface area contributed by atoms with Crippen LogP contribution >= 0.6 is 0 Å². The second-order valence-corrected chi connectivity index (χ2v) is 7.15. The molecule has 1 aliphatic rings. The number of hydrogen-bond donors (Lipinski definition) is 1. The van der Waals surface area contributed by atoms with Gasteiger partial charge in [0.05, 0.1) is 6.04 Å². The van der Waals surface area contributed by atoms with Crippen LogP contribution in [0.1, 0.15) is 50.4 Å². The van der Waals surface area contributed by atoms with E-state index in [1.54, 1.807) is 37.8 Å². The molecule has 2 rings (SSSR count). The molecule has 1 saturated heterocycles. The van der Waals surface area contributed by atoms with Gasteiger partial charge in [0.1, 0.15) is 5.60 Å². The Hall–Kier alpha value is -2.37. The molecule has 1 heterocycles. The smallest absolute Gasteiger partial charge is 0.407 e. The van der Waals surface area contributed by atoms with Crippen molar-refractivity contribution in [1.82, 2.24) is 10.2 Å². The normalized spacial score (nSPS) is 17.2. The van der Waals surface area contributed by atoms with Gasteiger partial charge in [0.2, 0.25) is 5.91 Å². The molecule has 1 aromatic rings. The summed E-state index contributed by atoms with van der Waals surface area (Å²) in [5.41, 5.74) is 0.0510. The molecule has 136 valence electrons. The second-order valence-electron chi connectivity index (χ2n) is 7.15. The van der Waals surface area contributed by atoms with E-state index in [1.807, 2.05) is 18.2 Å². The quantitative estimate of drug-likeness (QED) is 0.832. The van der Waals surface area contributed by atoms with Gasteiger partial charge in [0, 0.05) is 25.1 Å². The average Bonchev–Trinajstić information content (AvgIpc) is 3.02. The highest BCUT2D eigenvalue weighted by atomic mass is 16.6. The highest BCUT2D eigenvalue weighted by Gasteiger charge is 2.34. The number of Topliss-reactive ketones (excluding diaryl/α,β-unsaturated/α-hetero) is 1. The zero-order chi connectivity index (χ0) is 18.4. The molecule has 0 unspecified atom stereocenters. The molecule has 1 fully saturated rings. The van der Waals surface area contributed by atoms with Gasteiger partial charge in [0.25, 0.3) is 0 Å². The lowest BCUT2D eigenvalue weighted by Crippen LogP contribution is -2.42. The third-order valence-electron chi connectivity index (χ3n) is 3.94. The van der Waals surface area contributed by atoms with E-state index in [-0.39, 0.29) is 24.7 Å². The van der Waals surface area contributed by atoms with Crippen LogP contribution in [0.4, 0.5) is 4.79 Å². The molecule has 1 aromatic carbocycles. The lowest BCUT2D eigenvalue weighted by atomic mass is 10.0. The van der Waals surface area contributed by atoms with Crippen molar-refractivity contribution in [2.75, 3.05) is 13.1 Å². The maximum Gasteiger partial charge on any atom is 0.407 e. The fourth-order valence-corrected chi connectivity index (χ4v) is 2.86. The molecular weight excluding hydrogens is 320 g/mol. The Labute approximate surface area is 148 Å². The summed E-state index contributed by atoms with van der Waals surface area (Å²) in [7, 11) is 0. The highest BCUT2D eigenvalue weighted by molar-refractivity contribution is 6.02. The van der Waals surface area contributed by atoms with E-state index in [2.05, 4.69) is 5.32 Å². The van der Waals surface area contributed by atoms with Crippen molar-refractivity contribution in [2.45, 2.75) is 51.7 Å². The van der Waals surface area contributed by atoms with Crippen LogP contribution in [-0.4, -0.2) is 47.4 Å². The minimum absolute atomic E-state index is 0.0217. The van der Waals surface area contributed by atoms with Crippen LogP contribution in [0.3, 0.4) is 0 Å². The molecule has 2 amide bonds. The number of amides is 2. The molecule has 0 aliphatic carbocycles. The molecule has 0 saturated carbocycles. The monoisotopic (exact) mass is 346 g/mol. The minimum Gasteiger partial charge on any atom is -0.444 e. The number of carbonyl (C=O) groups excluding carboxylic acids is 3. The Morgan fingerprint density at radius 1 is 1.20 bits per heavy atom. The number of ether oxygens (including phenoxy) is 1. The van der Waals surface area contributed by atoms with Gasteiger partial charge in [-0.05, 0) is 33.6 Å². The molecule has 0 radical (unpaired) electrons. The molecule has 0 bridgehead atoms. The SMILES string of the molecule is CC(C)(C)OC(=O)NCCC(=O)N1CCC[C@H]1C(=O)c1ccccc1. The molecule has 1 atom stereocenters. The van der Waals surface area contributed by atoms with Crippen molar-refractivity contribution in [3.05, 3.63) is 35.9 Å². The number of carbonyl (C=O) groups is 3. The van der Waals surface area contributed by atoms with Crippen molar-refractivity contribution in [3.63, 3.8) is 0 Å². The first-order chi connectivity index (χ1) is 11.8. The van der Waals surface area contributed by atoms with Gasteiger partial charge in [-0.3, -0.25) is 9.59 Å². The third-order valence-corrected chi connectivity index (χ3v) is 3.94. The summed E-state index contributed by atoms with van der Waals surface area (Å²) < 4.78 is 5.13. The summed E-state index contributed by atoms with van der Waals surface area (Å²) in [6.07, 6.45) is 1.10. The van der Waals surface area contributed by atoms with Crippen LogP contribution in [0, 0.1) is 0 Å². The maximum absolute atomic E-state index is 12.6. The molecule has 0 aromatic heterocycles. The first-order valence-corrected chi connectivity index (χ1v) is 8.63. The average molecular weight is 346 g/mol. The summed E-state index contributed by atoms with van der Waals surface area (Å²) in [5, 5.41) is 2.58. The van der Waals surface area contributed by atoms with Gasteiger partial charge < -0.3 is 15.0 Å². The molecule has 1 N–H and O–H groups in total. The molecular formula is C19H26N2O4. The maximum atomic E-state index is 12.6. The zero-order valence-corrected chi connectivity index (χ0v) is 15.1. The predicted octanol–water partition coefficient (Wildman–Crippen LogP) is 2.78. The molecule has 6 heteroatoms. The molecule has 0 spiro atoms. The van der Waals surface area contributed by atoms with Gasteiger partial charge in [0.15, 0.2) is 5.78 Å². The van der Waals surface area contributed by atoms with Gasteiger partial charge in [-0.15, -0.1) is 0 Å². The van der Waals surface area contributed by atoms with Gasteiger partial charge >= 0.3 is 6.09 Å². The summed E-state index contributed by atoms with van der Waals surface area (Å²) in [6.45, 7) is 6.11. The van der Waals surface area contributed by atoms with Crippen LogP contribution in [0.25, 0.3) is 0 Å². The van der Waals surface area contributed by atoms with Crippen LogP contribution in [-0.2, 0) is 9.53 Å². The number of hydrogen-bond acceptors (Lipinski definition) is 4. The number of nitrogens with one attached hydrogen (secondary N) is 1. The van der Waals surface area contributed by atoms with Gasteiger partial charge in [-0.2, -0.15) is 0 Å². The Morgan fingerprint density at radius 3 is 2.52 bits per heavy atom. The fourth-order valence-electron chi connectivity index (χ4n) is 2.86. The van der Waals surface area contributed by atoms with E-state index in [4.69, 9.17) is 4.74 Å². The Kier molecular flexibility index (Phi) is 6.17. The molecule has 1 aliphatic heterocycles. The van der Waals surface area contributed by atoms with Crippen molar-refractivity contribution in [2.24, 2.45) is 0 Å². The summed E-state index contributed by atoms with van der Waals surface area (Å²) >= 11 is 0. The Bertz CT molecular complexity index is 622. The van der Waals surface area contributed by atoms with Crippen molar-refractivity contribution in [3.8, 4) is 0 Å². The summed E-state index contributed by atoms with van der Waals surface area (Å²) in [5.74, 6) is -0.144. The number of nitrogens with zero attached hydrogens (tertiary/aromatic N) is 1. The minimum atomic E-state index is -0.573. The number of rotatable bonds is 5. The lowest BCUT2D eigenvalue weighted by molar-refractivity contribution is -0.131. The Morgan fingerprint density at radius 2 is 1.88 bits per heavy atom. The topological polar surface area (TPSA) is 75.7 Å². The number of alkyl carbamates (subject to hydrolysis) is 1. The molecule has 6 nitrogen and oxygen atoms in total. The van der Waals surface area contributed by atoms with E-state index < -0.39 is 17.7 Å². The third kappa shape index (κ3) is 5.59. The van der Waals surface area contributed by atoms with Gasteiger partial charge in [-0.1, -0.05) is 30.3 Å². The standard InChI is InChI=1S/C19H26N2O4/c1-19(2,3)25-18(24)20-12-11-16(22)21-13-7-10-15(21)17(23)14-8-5-4-6-9-14/h4-6,8-9,15H,7,10-13H2,1-3H3,(H,20,24)/t15-/m0/s1. The van der Waals surface area contributed by atoms with Crippen LogP contribution in [0.5, 0.6) is 0 Å². The van der Waals surface area contributed by atoms with E-state index in [0.29, 0.717) is 18.5 Å². The van der Waals surface area contributed by atoms with Crippen molar-refractivity contribution < 1.29 is 19.1 Å². The van der Waals surface area contributed by atoms with E-state index >= 15 is 0 Å². The Balaban J connectivity index is 1.86. The number of ketones is 1. The predicted molar refractivity (Wildman–Crippen MR) is 94.4 cm³/mol. The zero-order valence-electron chi connectivity index (χ0n) is 15.1. The van der Waals surface area contributed by atoms with Crippen LogP contribution < -0.4 is 5.32 Å². The summed E-state index contributed by atoms with van der Waals surface area (Å²) in [6, 6.07) is 8.63. The van der Waals surface area contributed by atoms with Crippen LogP contribution in [0.15, 0.2) is 30.3 Å². The summed E-state index contributed by atoms with van der Waals surface area (Å²) in [4.78, 5) is 38.3. The van der Waals surface area contributed by atoms with Crippen molar-refractivity contribution >= 4 is 17.8 Å². The van der Waals surface area contributed by atoms with Crippen molar-refractivity contribution in [1.29, 1.82) is 0 Å².